The normalized spacial score (nSPS) is 17.4. The lowest BCUT2D eigenvalue weighted by Gasteiger charge is -2.13. The van der Waals surface area contributed by atoms with Gasteiger partial charge >= 0.3 is 0 Å². The number of hydrogen-bond acceptors (Lipinski definition) is 5. The van der Waals surface area contributed by atoms with Crippen LogP contribution in [0.3, 0.4) is 0 Å². The molecule has 0 saturated carbocycles. The third-order valence-corrected chi connectivity index (χ3v) is 4.02. The Bertz CT molecular complexity index is 491. The summed E-state index contributed by atoms with van der Waals surface area (Å²) < 4.78 is 13.1. The van der Waals surface area contributed by atoms with Gasteiger partial charge in [-0.3, -0.25) is 4.99 Å². The summed E-state index contributed by atoms with van der Waals surface area (Å²) in [7, 11) is 1.78. The Morgan fingerprint density at radius 1 is 1.44 bits per heavy atom. The van der Waals surface area contributed by atoms with Crippen LogP contribution in [0.4, 0.5) is 0 Å². The summed E-state index contributed by atoms with van der Waals surface area (Å²) >= 11 is 0. The summed E-state index contributed by atoms with van der Waals surface area (Å²) in [5.41, 5.74) is 0. The Balaban J connectivity index is 0.00000312. The molecule has 0 radical (unpaired) electrons. The highest BCUT2D eigenvalue weighted by molar-refractivity contribution is 14.0. The smallest absolute Gasteiger partial charge is 0.191 e. The van der Waals surface area contributed by atoms with Crippen molar-refractivity contribution in [3.63, 3.8) is 0 Å². The first-order valence-electron chi connectivity index (χ1n) is 8.80. The van der Waals surface area contributed by atoms with Gasteiger partial charge < -0.3 is 24.7 Å². The van der Waals surface area contributed by atoms with Gasteiger partial charge in [-0.05, 0) is 12.8 Å². The summed E-state index contributed by atoms with van der Waals surface area (Å²) in [6.07, 6.45) is 4.74. The van der Waals surface area contributed by atoms with Crippen LogP contribution in [0.15, 0.2) is 11.3 Å². The zero-order valence-electron chi connectivity index (χ0n) is 15.2. The number of nitrogens with one attached hydrogen (secondary N) is 2. The predicted molar refractivity (Wildman–Crippen MR) is 109 cm³/mol. The number of aryl methyl sites for hydroxylation is 1. The SMILES string of the molecule is CCc1nncn1CCNC(=NC)NCCCOCC1CCOC1.I. The van der Waals surface area contributed by atoms with E-state index in [0.29, 0.717) is 5.92 Å². The number of guanidine groups is 1. The van der Waals surface area contributed by atoms with Crippen molar-refractivity contribution in [2.24, 2.45) is 10.9 Å². The van der Waals surface area contributed by atoms with Gasteiger partial charge in [-0.1, -0.05) is 6.92 Å². The van der Waals surface area contributed by atoms with E-state index in [1.807, 2.05) is 0 Å². The molecule has 1 aliphatic rings. The van der Waals surface area contributed by atoms with Crippen molar-refractivity contribution in [1.82, 2.24) is 25.4 Å². The minimum atomic E-state index is 0. The van der Waals surface area contributed by atoms with E-state index in [1.165, 1.54) is 0 Å². The Hall–Kier alpha value is -0.940. The molecule has 2 rings (SSSR count). The molecule has 0 aromatic carbocycles. The first-order chi connectivity index (χ1) is 11.8. The van der Waals surface area contributed by atoms with E-state index < -0.39 is 0 Å². The van der Waals surface area contributed by atoms with Crippen LogP contribution in [-0.4, -0.2) is 67.3 Å². The highest BCUT2D eigenvalue weighted by atomic mass is 127. The topological polar surface area (TPSA) is 85.6 Å². The fourth-order valence-corrected chi connectivity index (χ4v) is 2.60. The molecule has 144 valence electrons. The Morgan fingerprint density at radius 3 is 3.00 bits per heavy atom. The average Bonchev–Trinajstić information content (AvgIpc) is 3.27. The van der Waals surface area contributed by atoms with Gasteiger partial charge in [-0.25, -0.2) is 0 Å². The van der Waals surface area contributed by atoms with E-state index in [4.69, 9.17) is 9.47 Å². The van der Waals surface area contributed by atoms with Crippen molar-refractivity contribution in [1.29, 1.82) is 0 Å². The molecule has 0 amide bonds. The lowest BCUT2D eigenvalue weighted by molar-refractivity contribution is 0.0888. The molecule has 1 aromatic heterocycles. The van der Waals surface area contributed by atoms with E-state index in [0.717, 1.165) is 77.1 Å². The highest BCUT2D eigenvalue weighted by Crippen LogP contribution is 2.12. The molecule has 1 aromatic rings. The van der Waals surface area contributed by atoms with Gasteiger partial charge in [0, 0.05) is 52.2 Å². The Morgan fingerprint density at radius 2 is 2.28 bits per heavy atom. The number of ether oxygens (including phenoxy) is 2. The molecular weight excluding hydrogens is 435 g/mol. The van der Waals surface area contributed by atoms with Gasteiger partial charge in [-0.15, -0.1) is 34.2 Å². The van der Waals surface area contributed by atoms with Crippen LogP contribution in [0.25, 0.3) is 0 Å². The molecule has 8 nitrogen and oxygen atoms in total. The number of hydrogen-bond donors (Lipinski definition) is 2. The van der Waals surface area contributed by atoms with Gasteiger partial charge in [0.2, 0.25) is 0 Å². The van der Waals surface area contributed by atoms with E-state index in [-0.39, 0.29) is 24.0 Å². The quantitative estimate of drug-likeness (QED) is 0.232. The van der Waals surface area contributed by atoms with Crippen LogP contribution in [0.1, 0.15) is 25.6 Å². The van der Waals surface area contributed by atoms with Crippen LogP contribution in [0, 0.1) is 5.92 Å². The predicted octanol–water partition coefficient (Wildman–Crippen LogP) is 1.07. The Labute approximate surface area is 167 Å². The van der Waals surface area contributed by atoms with Crippen molar-refractivity contribution in [3.05, 3.63) is 12.2 Å². The molecule has 1 atom stereocenters. The lowest BCUT2D eigenvalue weighted by Crippen LogP contribution is -2.39. The average molecular weight is 466 g/mol. The van der Waals surface area contributed by atoms with Gasteiger partial charge in [-0.2, -0.15) is 0 Å². The molecule has 2 heterocycles. The first-order valence-corrected chi connectivity index (χ1v) is 8.80. The number of aromatic nitrogens is 3. The molecule has 1 saturated heterocycles. The first kappa shape index (κ1) is 22.1. The minimum absolute atomic E-state index is 0. The van der Waals surface area contributed by atoms with Crippen LogP contribution in [0.2, 0.25) is 0 Å². The Kier molecular flexibility index (Phi) is 11.7. The van der Waals surface area contributed by atoms with Crippen molar-refractivity contribution in [3.8, 4) is 0 Å². The monoisotopic (exact) mass is 466 g/mol. The zero-order chi connectivity index (χ0) is 17.0. The minimum Gasteiger partial charge on any atom is -0.381 e. The highest BCUT2D eigenvalue weighted by Gasteiger charge is 2.15. The number of rotatable bonds is 10. The molecule has 2 N–H and O–H groups in total. The third-order valence-electron chi connectivity index (χ3n) is 4.02. The molecule has 9 heteroatoms. The standard InChI is InChI=1S/C16H30N6O2.HI/c1-3-15-21-20-13-22(15)8-7-19-16(17-2)18-6-4-9-23-11-14-5-10-24-12-14;/h13-14H,3-12H2,1-2H3,(H2,17,18,19);1H. The van der Waals surface area contributed by atoms with Crippen LogP contribution < -0.4 is 10.6 Å². The summed E-state index contributed by atoms with van der Waals surface area (Å²) in [4.78, 5) is 4.23. The van der Waals surface area contributed by atoms with E-state index >= 15 is 0 Å². The maximum absolute atomic E-state index is 5.69. The van der Waals surface area contributed by atoms with Crippen molar-refractivity contribution >= 4 is 29.9 Å². The summed E-state index contributed by atoms with van der Waals surface area (Å²) in [6, 6.07) is 0. The van der Waals surface area contributed by atoms with Gasteiger partial charge in [0.1, 0.15) is 12.2 Å². The number of aliphatic imine (C=N–C) groups is 1. The van der Waals surface area contributed by atoms with Crippen LogP contribution in [-0.2, 0) is 22.4 Å². The van der Waals surface area contributed by atoms with Gasteiger partial charge in [0.05, 0.1) is 13.2 Å². The second-order valence-electron chi connectivity index (χ2n) is 5.88. The maximum Gasteiger partial charge on any atom is 0.191 e. The second-order valence-corrected chi connectivity index (χ2v) is 5.88. The van der Waals surface area contributed by atoms with Crippen molar-refractivity contribution < 1.29 is 9.47 Å². The van der Waals surface area contributed by atoms with Gasteiger partial charge in [0.15, 0.2) is 5.96 Å². The zero-order valence-corrected chi connectivity index (χ0v) is 17.6. The fourth-order valence-electron chi connectivity index (χ4n) is 2.60. The molecule has 0 aliphatic carbocycles. The molecular formula is C16H31IN6O2. The molecule has 25 heavy (non-hydrogen) atoms. The van der Waals surface area contributed by atoms with Crippen molar-refractivity contribution in [2.45, 2.75) is 32.7 Å². The molecule has 0 spiro atoms. The maximum atomic E-state index is 5.69. The third kappa shape index (κ3) is 8.32. The molecule has 1 aliphatic heterocycles. The molecule has 1 unspecified atom stereocenters. The number of nitrogens with zero attached hydrogens (tertiary/aromatic N) is 4. The van der Waals surface area contributed by atoms with Crippen LogP contribution in [0.5, 0.6) is 0 Å². The molecule has 1 fully saturated rings. The fraction of sp³-hybridized carbons (Fsp3) is 0.812. The van der Waals surface area contributed by atoms with E-state index in [9.17, 15) is 0 Å². The lowest BCUT2D eigenvalue weighted by atomic mass is 10.1. The summed E-state index contributed by atoms with van der Waals surface area (Å²) in [5, 5.41) is 14.6. The summed E-state index contributed by atoms with van der Waals surface area (Å²) in [6.45, 7) is 7.83. The summed E-state index contributed by atoms with van der Waals surface area (Å²) in [5.74, 6) is 2.40. The van der Waals surface area contributed by atoms with Gasteiger partial charge in [0.25, 0.3) is 0 Å². The van der Waals surface area contributed by atoms with Crippen molar-refractivity contribution in [2.75, 3.05) is 46.6 Å². The molecule has 0 bridgehead atoms. The second kappa shape index (κ2) is 13.3. The largest absolute Gasteiger partial charge is 0.381 e. The van der Waals surface area contributed by atoms with E-state index in [2.05, 4.69) is 37.3 Å². The van der Waals surface area contributed by atoms with Crippen LogP contribution >= 0.6 is 24.0 Å². The van der Waals surface area contributed by atoms with E-state index in [1.54, 1.807) is 13.4 Å². The number of halogens is 1.